The van der Waals surface area contributed by atoms with Gasteiger partial charge in [-0.2, -0.15) is 0 Å². The van der Waals surface area contributed by atoms with Crippen molar-refractivity contribution in [3.63, 3.8) is 0 Å². The van der Waals surface area contributed by atoms with Gasteiger partial charge in [0.05, 0.1) is 6.54 Å². The van der Waals surface area contributed by atoms with Gasteiger partial charge < -0.3 is 24.2 Å². The first-order valence-electron chi connectivity index (χ1n) is 9.55. The molecule has 2 aliphatic rings. The molecule has 1 aromatic heterocycles. The lowest BCUT2D eigenvalue weighted by molar-refractivity contribution is -0.133. The average Bonchev–Trinajstić information content (AvgIpc) is 3.26. The smallest absolute Gasteiger partial charge is 0.273 e. The number of hydrogen-bond acceptors (Lipinski definition) is 6. The van der Waals surface area contributed by atoms with E-state index in [9.17, 15) is 9.59 Å². The van der Waals surface area contributed by atoms with Crippen LogP contribution in [0.3, 0.4) is 0 Å². The number of fused-ring (bicyclic) bond motifs is 1. The lowest BCUT2D eigenvalue weighted by Crippen LogP contribution is -2.32. The summed E-state index contributed by atoms with van der Waals surface area (Å²) in [6.07, 6.45) is 2.79. The third-order valence-electron chi connectivity index (χ3n) is 4.76. The Hall–Kier alpha value is -3.03. The second-order valence-corrected chi connectivity index (χ2v) is 7.08. The molecule has 4 rings (SSSR count). The summed E-state index contributed by atoms with van der Waals surface area (Å²) in [6.45, 7) is 3.58. The molecular weight excluding hydrogens is 362 g/mol. The Labute approximate surface area is 162 Å². The van der Waals surface area contributed by atoms with Crippen molar-refractivity contribution in [2.24, 2.45) is 5.92 Å². The quantitative estimate of drug-likeness (QED) is 0.750. The van der Waals surface area contributed by atoms with E-state index in [4.69, 9.17) is 14.0 Å². The topological polar surface area (TPSA) is 93.9 Å². The van der Waals surface area contributed by atoms with E-state index in [1.54, 1.807) is 11.0 Å². The highest BCUT2D eigenvalue weighted by Gasteiger charge is 2.33. The van der Waals surface area contributed by atoms with E-state index < -0.39 is 0 Å². The zero-order valence-corrected chi connectivity index (χ0v) is 15.8. The predicted molar refractivity (Wildman–Crippen MR) is 98.7 cm³/mol. The Morgan fingerprint density at radius 1 is 1.21 bits per heavy atom. The average molecular weight is 385 g/mol. The molecule has 0 radical (unpaired) electrons. The summed E-state index contributed by atoms with van der Waals surface area (Å²) in [6, 6.07) is 7.12. The molecule has 8 nitrogen and oxygen atoms in total. The fourth-order valence-electron chi connectivity index (χ4n) is 3.13. The molecule has 148 valence electrons. The predicted octanol–water partition coefficient (Wildman–Crippen LogP) is 2.48. The number of benzene rings is 1. The van der Waals surface area contributed by atoms with Crippen LogP contribution in [0.5, 0.6) is 11.5 Å². The van der Waals surface area contributed by atoms with Crippen LogP contribution >= 0.6 is 0 Å². The lowest BCUT2D eigenvalue weighted by atomic mass is 10.2. The van der Waals surface area contributed by atoms with Gasteiger partial charge in [-0.1, -0.05) is 18.1 Å². The molecule has 0 bridgehead atoms. The fourth-order valence-corrected chi connectivity index (χ4v) is 3.13. The third-order valence-corrected chi connectivity index (χ3v) is 4.76. The number of carbonyl (C=O) groups is 2. The summed E-state index contributed by atoms with van der Waals surface area (Å²) in [5.74, 6) is 1.87. The van der Waals surface area contributed by atoms with E-state index in [1.165, 1.54) is 0 Å². The first-order valence-corrected chi connectivity index (χ1v) is 9.55. The molecule has 1 saturated carbocycles. The van der Waals surface area contributed by atoms with Gasteiger partial charge in [0.15, 0.2) is 23.0 Å². The van der Waals surface area contributed by atoms with Crippen LogP contribution in [0.15, 0.2) is 28.8 Å². The molecule has 2 aromatic rings. The Morgan fingerprint density at radius 2 is 2.04 bits per heavy atom. The minimum atomic E-state index is -0.330. The van der Waals surface area contributed by atoms with Crippen molar-refractivity contribution in [2.75, 3.05) is 13.3 Å². The number of nitrogens with one attached hydrogen (secondary N) is 1. The van der Waals surface area contributed by atoms with Crippen LogP contribution in [0.2, 0.25) is 0 Å². The summed E-state index contributed by atoms with van der Waals surface area (Å²) in [4.78, 5) is 26.5. The van der Waals surface area contributed by atoms with Gasteiger partial charge in [0.2, 0.25) is 12.7 Å². The number of nitrogens with zero attached hydrogens (tertiary/aromatic N) is 2. The van der Waals surface area contributed by atoms with Crippen LogP contribution < -0.4 is 14.8 Å². The Bertz CT molecular complexity index is 874. The minimum absolute atomic E-state index is 0.152. The molecular formula is C20H23N3O5. The van der Waals surface area contributed by atoms with Crippen LogP contribution in [0.4, 0.5) is 0 Å². The normalized spacial score (nSPS) is 14.8. The second-order valence-electron chi connectivity index (χ2n) is 7.08. The molecule has 8 heteroatoms. The maximum absolute atomic E-state index is 12.4. The van der Waals surface area contributed by atoms with E-state index >= 15 is 0 Å². The number of aromatic nitrogens is 1. The molecule has 1 aliphatic carbocycles. The molecule has 0 spiro atoms. The standard InChI is InChI=1S/C20H23N3O5/c1-2-7-23(20(25)14-4-5-14)11-15-9-16(22-28-15)19(24)21-10-13-3-6-17-18(8-13)27-12-26-17/h3,6,8-9,14H,2,4-5,7,10-12H2,1H3,(H,21,24). The Balaban J connectivity index is 1.34. The van der Waals surface area contributed by atoms with Crippen molar-refractivity contribution in [1.29, 1.82) is 0 Å². The molecule has 0 saturated heterocycles. The molecule has 2 heterocycles. The molecule has 1 aliphatic heterocycles. The van der Waals surface area contributed by atoms with Crippen LogP contribution in [-0.2, 0) is 17.9 Å². The SMILES string of the molecule is CCCN(Cc1cc(C(=O)NCc2ccc3c(c2)OCO3)no1)C(=O)C1CC1. The van der Waals surface area contributed by atoms with E-state index in [0.29, 0.717) is 36.9 Å². The highest BCUT2D eigenvalue weighted by Crippen LogP contribution is 2.33. The van der Waals surface area contributed by atoms with Crippen molar-refractivity contribution in [3.8, 4) is 11.5 Å². The third kappa shape index (κ3) is 4.11. The molecule has 1 N–H and O–H groups in total. The maximum Gasteiger partial charge on any atom is 0.273 e. The highest BCUT2D eigenvalue weighted by molar-refractivity contribution is 5.92. The van der Waals surface area contributed by atoms with Gasteiger partial charge in [-0.05, 0) is 37.0 Å². The number of hydrogen-bond donors (Lipinski definition) is 1. The van der Waals surface area contributed by atoms with E-state index in [-0.39, 0.29) is 30.2 Å². The van der Waals surface area contributed by atoms with E-state index in [2.05, 4.69) is 10.5 Å². The zero-order valence-electron chi connectivity index (χ0n) is 15.8. The number of ether oxygens (including phenoxy) is 2. The Morgan fingerprint density at radius 3 is 2.82 bits per heavy atom. The molecule has 0 atom stereocenters. The molecule has 0 unspecified atom stereocenters. The van der Waals surface area contributed by atoms with Crippen molar-refractivity contribution < 1.29 is 23.6 Å². The monoisotopic (exact) mass is 385 g/mol. The number of rotatable bonds is 8. The molecule has 2 amide bonds. The second kappa shape index (κ2) is 7.92. The first-order chi connectivity index (χ1) is 13.6. The van der Waals surface area contributed by atoms with Crippen LogP contribution in [0.25, 0.3) is 0 Å². The van der Waals surface area contributed by atoms with E-state index in [1.807, 2.05) is 25.1 Å². The maximum atomic E-state index is 12.4. The molecule has 1 aromatic carbocycles. The fraction of sp³-hybridized carbons (Fsp3) is 0.450. The van der Waals surface area contributed by atoms with Crippen LogP contribution in [0.1, 0.15) is 48.0 Å². The number of carbonyl (C=O) groups excluding carboxylic acids is 2. The van der Waals surface area contributed by atoms with Crippen LogP contribution in [-0.4, -0.2) is 35.2 Å². The van der Waals surface area contributed by atoms with Crippen molar-refractivity contribution >= 4 is 11.8 Å². The summed E-state index contributed by atoms with van der Waals surface area (Å²) < 4.78 is 15.9. The molecule has 28 heavy (non-hydrogen) atoms. The van der Waals surface area contributed by atoms with Crippen molar-refractivity contribution in [1.82, 2.24) is 15.4 Å². The largest absolute Gasteiger partial charge is 0.454 e. The first kappa shape index (κ1) is 18.3. The summed E-state index contributed by atoms with van der Waals surface area (Å²) >= 11 is 0. The minimum Gasteiger partial charge on any atom is -0.454 e. The van der Waals surface area contributed by atoms with Crippen LogP contribution in [0, 0.1) is 5.92 Å². The van der Waals surface area contributed by atoms with Gasteiger partial charge >= 0.3 is 0 Å². The van der Waals surface area contributed by atoms with Crippen molar-refractivity contribution in [3.05, 3.63) is 41.3 Å². The van der Waals surface area contributed by atoms with E-state index in [0.717, 1.165) is 24.8 Å². The van der Waals surface area contributed by atoms with Crippen molar-refractivity contribution in [2.45, 2.75) is 39.3 Å². The van der Waals surface area contributed by atoms with Gasteiger partial charge in [-0.3, -0.25) is 9.59 Å². The van der Waals surface area contributed by atoms with Gasteiger partial charge in [0.25, 0.3) is 5.91 Å². The van der Waals surface area contributed by atoms with Gasteiger partial charge in [-0.15, -0.1) is 0 Å². The lowest BCUT2D eigenvalue weighted by Gasteiger charge is -2.20. The van der Waals surface area contributed by atoms with Gasteiger partial charge in [0.1, 0.15) is 0 Å². The highest BCUT2D eigenvalue weighted by atomic mass is 16.7. The van der Waals surface area contributed by atoms with Gasteiger partial charge in [-0.25, -0.2) is 0 Å². The zero-order chi connectivity index (χ0) is 19.5. The summed E-state index contributed by atoms with van der Waals surface area (Å²) in [5, 5.41) is 6.66. The van der Waals surface area contributed by atoms with Gasteiger partial charge in [0, 0.05) is 25.1 Å². The number of amides is 2. The summed E-state index contributed by atoms with van der Waals surface area (Å²) in [5.41, 5.74) is 1.09. The molecule has 1 fully saturated rings. The summed E-state index contributed by atoms with van der Waals surface area (Å²) in [7, 11) is 0. The Kier molecular flexibility index (Phi) is 5.18.